The SMILES string of the molecule is CCCCN1C(=O)C(=O)/C(=C(/O)c2ccc(OC)c(Cl)c2)C1c1c(C)[nH]c2ccccc12. The Bertz CT molecular complexity index is 1240. The summed E-state index contributed by atoms with van der Waals surface area (Å²) in [4.78, 5) is 31.1. The standard InChI is InChI=1S/C25H25ClN2O4/c1-4-5-12-28-22(20-14(2)27-18-9-7-6-8-16(18)20)21(24(30)25(28)31)23(29)15-10-11-19(32-3)17(26)13-15/h6-11,13,22,27,29H,4-5,12H2,1-3H3/b23-21+. The van der Waals surface area contributed by atoms with E-state index < -0.39 is 17.7 Å². The number of nitrogens with one attached hydrogen (secondary N) is 1. The molecule has 2 aromatic carbocycles. The molecule has 0 aliphatic carbocycles. The van der Waals surface area contributed by atoms with Crippen molar-refractivity contribution >= 4 is 40.0 Å². The maximum atomic E-state index is 13.2. The quantitative estimate of drug-likeness (QED) is 0.299. The van der Waals surface area contributed by atoms with E-state index >= 15 is 0 Å². The Morgan fingerprint density at radius 1 is 1.22 bits per heavy atom. The van der Waals surface area contributed by atoms with Crippen LogP contribution in [0.2, 0.25) is 5.02 Å². The summed E-state index contributed by atoms with van der Waals surface area (Å²) in [5, 5.41) is 12.5. The lowest BCUT2D eigenvalue weighted by Crippen LogP contribution is -2.30. The summed E-state index contributed by atoms with van der Waals surface area (Å²) in [5.74, 6) is -1.09. The number of Topliss-reactive ketones (excluding diaryl/α,β-unsaturated/α-hetero) is 1. The average molecular weight is 453 g/mol. The number of aromatic amines is 1. The van der Waals surface area contributed by atoms with Gasteiger partial charge in [-0.1, -0.05) is 43.1 Å². The van der Waals surface area contributed by atoms with Crippen LogP contribution in [0.25, 0.3) is 16.7 Å². The van der Waals surface area contributed by atoms with Gasteiger partial charge in [0, 0.05) is 34.3 Å². The first-order valence-corrected chi connectivity index (χ1v) is 11.0. The summed E-state index contributed by atoms with van der Waals surface area (Å²) in [6.45, 7) is 4.37. The number of halogens is 1. The molecule has 1 unspecified atom stereocenters. The van der Waals surface area contributed by atoms with Crippen LogP contribution in [0.3, 0.4) is 0 Å². The largest absolute Gasteiger partial charge is 0.507 e. The van der Waals surface area contributed by atoms with Crippen molar-refractivity contribution in [1.29, 1.82) is 0 Å². The fraction of sp³-hybridized carbons (Fsp3) is 0.280. The van der Waals surface area contributed by atoms with E-state index in [4.69, 9.17) is 16.3 Å². The molecular weight excluding hydrogens is 428 g/mol. The van der Waals surface area contributed by atoms with Crippen LogP contribution in [0, 0.1) is 6.92 Å². The van der Waals surface area contributed by atoms with Gasteiger partial charge in [-0.15, -0.1) is 0 Å². The highest BCUT2D eigenvalue weighted by atomic mass is 35.5. The van der Waals surface area contributed by atoms with Crippen molar-refractivity contribution in [3.8, 4) is 5.75 Å². The number of para-hydroxylation sites is 1. The zero-order valence-corrected chi connectivity index (χ0v) is 19.0. The Hall–Kier alpha value is -3.25. The van der Waals surface area contributed by atoms with E-state index in [1.54, 1.807) is 17.0 Å². The molecule has 1 aromatic heterocycles. The summed E-state index contributed by atoms with van der Waals surface area (Å²) in [7, 11) is 1.50. The average Bonchev–Trinajstić information content (AvgIpc) is 3.24. The number of unbranched alkanes of at least 4 members (excludes halogenated alkanes) is 1. The van der Waals surface area contributed by atoms with Crippen molar-refractivity contribution in [1.82, 2.24) is 9.88 Å². The van der Waals surface area contributed by atoms with Crippen LogP contribution in [0.4, 0.5) is 0 Å². The molecule has 1 aliphatic rings. The molecule has 2 heterocycles. The van der Waals surface area contributed by atoms with E-state index in [1.807, 2.05) is 38.1 Å². The third-order valence-electron chi connectivity index (χ3n) is 5.93. The summed E-state index contributed by atoms with van der Waals surface area (Å²) in [5.41, 5.74) is 3.00. The minimum Gasteiger partial charge on any atom is -0.507 e. The molecule has 1 amide bonds. The third-order valence-corrected chi connectivity index (χ3v) is 6.23. The number of carbonyl (C=O) groups excluding carboxylic acids is 2. The molecule has 0 radical (unpaired) electrons. The highest BCUT2D eigenvalue weighted by molar-refractivity contribution is 6.46. The first-order valence-electron chi connectivity index (χ1n) is 10.6. The van der Waals surface area contributed by atoms with Gasteiger partial charge in [0.1, 0.15) is 11.5 Å². The monoisotopic (exact) mass is 452 g/mol. The Morgan fingerprint density at radius 2 is 1.97 bits per heavy atom. The van der Waals surface area contributed by atoms with Gasteiger partial charge in [0.25, 0.3) is 11.7 Å². The molecule has 1 atom stereocenters. The molecule has 32 heavy (non-hydrogen) atoms. The maximum Gasteiger partial charge on any atom is 0.295 e. The number of methoxy groups -OCH3 is 1. The number of nitrogens with zero attached hydrogens (tertiary/aromatic N) is 1. The zero-order valence-electron chi connectivity index (χ0n) is 18.2. The number of H-pyrrole nitrogens is 1. The minimum atomic E-state index is -0.696. The number of benzene rings is 2. The minimum absolute atomic E-state index is 0.0696. The number of aromatic nitrogens is 1. The highest BCUT2D eigenvalue weighted by Gasteiger charge is 2.47. The Kier molecular flexibility index (Phi) is 5.98. The van der Waals surface area contributed by atoms with Gasteiger partial charge in [0.05, 0.1) is 23.7 Å². The smallest absolute Gasteiger partial charge is 0.295 e. The third kappa shape index (κ3) is 3.54. The van der Waals surface area contributed by atoms with Gasteiger partial charge < -0.3 is 19.7 Å². The summed E-state index contributed by atoms with van der Waals surface area (Å²) in [6, 6.07) is 11.8. The first kappa shape index (κ1) is 22.0. The Labute approximate surface area is 191 Å². The second-order valence-corrected chi connectivity index (χ2v) is 8.31. The Morgan fingerprint density at radius 3 is 2.66 bits per heavy atom. The van der Waals surface area contributed by atoms with Crippen LogP contribution in [-0.4, -0.2) is 40.3 Å². The lowest BCUT2D eigenvalue weighted by atomic mass is 9.93. The lowest BCUT2D eigenvalue weighted by molar-refractivity contribution is -0.139. The fourth-order valence-corrected chi connectivity index (χ4v) is 4.62. The van der Waals surface area contributed by atoms with Crippen LogP contribution in [-0.2, 0) is 9.59 Å². The molecule has 4 rings (SSSR count). The van der Waals surface area contributed by atoms with Crippen molar-refractivity contribution in [2.75, 3.05) is 13.7 Å². The maximum absolute atomic E-state index is 13.2. The van der Waals surface area contributed by atoms with Crippen molar-refractivity contribution in [3.05, 3.63) is 69.9 Å². The van der Waals surface area contributed by atoms with E-state index in [0.717, 1.165) is 35.0 Å². The predicted octanol–water partition coefficient (Wildman–Crippen LogP) is 5.36. The summed E-state index contributed by atoms with van der Waals surface area (Å²) in [6.07, 6.45) is 1.62. The molecule has 0 bridgehead atoms. The second-order valence-electron chi connectivity index (χ2n) is 7.90. The Balaban J connectivity index is 1.95. The van der Waals surface area contributed by atoms with Gasteiger partial charge in [-0.2, -0.15) is 0 Å². The van der Waals surface area contributed by atoms with Gasteiger partial charge in [-0.05, 0) is 37.6 Å². The number of rotatable bonds is 6. The number of ketones is 1. The normalized spacial score (nSPS) is 18.0. The van der Waals surface area contributed by atoms with Crippen molar-refractivity contribution in [3.63, 3.8) is 0 Å². The van der Waals surface area contributed by atoms with Crippen LogP contribution in [0.15, 0.2) is 48.0 Å². The lowest BCUT2D eigenvalue weighted by Gasteiger charge is -2.25. The van der Waals surface area contributed by atoms with Gasteiger partial charge in [0.15, 0.2) is 0 Å². The number of hydrogen-bond donors (Lipinski definition) is 2. The molecule has 2 N–H and O–H groups in total. The number of likely N-dealkylation sites (tertiary alicyclic amines) is 1. The summed E-state index contributed by atoms with van der Waals surface area (Å²) >= 11 is 6.26. The number of fused-ring (bicyclic) bond motifs is 1. The molecule has 7 heteroatoms. The molecule has 0 saturated carbocycles. The number of aliphatic hydroxyl groups excluding tert-OH is 1. The van der Waals surface area contributed by atoms with E-state index in [2.05, 4.69) is 4.98 Å². The molecule has 1 aliphatic heterocycles. The van der Waals surface area contributed by atoms with E-state index in [1.165, 1.54) is 13.2 Å². The predicted molar refractivity (Wildman–Crippen MR) is 125 cm³/mol. The van der Waals surface area contributed by atoms with Gasteiger partial charge in [-0.3, -0.25) is 9.59 Å². The van der Waals surface area contributed by atoms with Crippen molar-refractivity contribution in [2.45, 2.75) is 32.7 Å². The molecule has 1 fully saturated rings. The van der Waals surface area contributed by atoms with E-state index in [0.29, 0.717) is 22.9 Å². The van der Waals surface area contributed by atoms with Crippen molar-refractivity contribution in [2.24, 2.45) is 0 Å². The van der Waals surface area contributed by atoms with E-state index in [-0.39, 0.29) is 11.3 Å². The molecule has 6 nitrogen and oxygen atoms in total. The number of aryl methyl sites for hydroxylation is 1. The number of ether oxygens (including phenoxy) is 1. The highest BCUT2D eigenvalue weighted by Crippen LogP contribution is 2.44. The van der Waals surface area contributed by atoms with Crippen LogP contribution in [0.1, 0.15) is 42.6 Å². The zero-order chi connectivity index (χ0) is 23.0. The fourth-order valence-electron chi connectivity index (χ4n) is 4.36. The van der Waals surface area contributed by atoms with Crippen LogP contribution in [0.5, 0.6) is 5.75 Å². The van der Waals surface area contributed by atoms with Gasteiger partial charge in [-0.25, -0.2) is 0 Å². The molecule has 3 aromatic rings. The number of aliphatic hydroxyl groups is 1. The van der Waals surface area contributed by atoms with Crippen molar-refractivity contribution < 1.29 is 19.4 Å². The van der Waals surface area contributed by atoms with Crippen LogP contribution >= 0.6 is 11.6 Å². The first-order chi connectivity index (χ1) is 15.4. The van der Waals surface area contributed by atoms with Crippen LogP contribution < -0.4 is 4.74 Å². The molecule has 0 spiro atoms. The van der Waals surface area contributed by atoms with Gasteiger partial charge >= 0.3 is 0 Å². The molecular formula is C25H25ClN2O4. The molecule has 1 saturated heterocycles. The second kappa shape index (κ2) is 8.71. The van der Waals surface area contributed by atoms with E-state index in [9.17, 15) is 14.7 Å². The topological polar surface area (TPSA) is 82.6 Å². The molecule has 166 valence electrons. The number of hydrogen-bond acceptors (Lipinski definition) is 4. The van der Waals surface area contributed by atoms with Gasteiger partial charge in [0.2, 0.25) is 0 Å². The summed E-state index contributed by atoms with van der Waals surface area (Å²) < 4.78 is 5.19. The number of amides is 1. The number of carbonyl (C=O) groups is 2.